The maximum absolute atomic E-state index is 11.8. The number of halogens is 1. The zero-order valence-electron chi connectivity index (χ0n) is 10.7. The van der Waals surface area contributed by atoms with Gasteiger partial charge in [0.25, 0.3) is 0 Å². The van der Waals surface area contributed by atoms with Crippen molar-refractivity contribution < 1.29 is 4.79 Å². The molecule has 0 aliphatic heterocycles. The van der Waals surface area contributed by atoms with Crippen LogP contribution >= 0.6 is 11.6 Å². The van der Waals surface area contributed by atoms with Gasteiger partial charge in [0, 0.05) is 17.5 Å². The Labute approximate surface area is 109 Å². The minimum absolute atomic E-state index is 0.142. The highest BCUT2D eigenvalue weighted by atomic mass is 35.5. The molecule has 1 rings (SSSR count). The Morgan fingerprint density at radius 3 is 2.65 bits per heavy atom. The maximum atomic E-state index is 11.8. The van der Waals surface area contributed by atoms with E-state index in [4.69, 9.17) is 11.6 Å². The third-order valence-corrected chi connectivity index (χ3v) is 3.35. The summed E-state index contributed by atoms with van der Waals surface area (Å²) in [6.07, 6.45) is 0.902. The molecule has 0 aromatic heterocycles. The van der Waals surface area contributed by atoms with Crippen molar-refractivity contribution in [3.63, 3.8) is 0 Å². The van der Waals surface area contributed by atoms with E-state index in [0.717, 1.165) is 17.0 Å². The summed E-state index contributed by atoms with van der Waals surface area (Å²) in [4.78, 5) is 13.8. The highest BCUT2D eigenvalue weighted by molar-refractivity contribution is 6.31. The molecule has 1 unspecified atom stereocenters. The van der Waals surface area contributed by atoms with Gasteiger partial charge in [-0.3, -0.25) is 9.69 Å². The van der Waals surface area contributed by atoms with Crippen molar-refractivity contribution in [2.75, 3.05) is 13.6 Å². The molecule has 2 nitrogen and oxygen atoms in total. The highest BCUT2D eigenvalue weighted by Gasteiger charge is 2.13. The molecule has 0 saturated carbocycles. The molecule has 0 N–H and O–H groups in total. The maximum Gasteiger partial charge on any atom is 0.149 e. The third kappa shape index (κ3) is 4.49. The monoisotopic (exact) mass is 253 g/mol. The van der Waals surface area contributed by atoms with Gasteiger partial charge in [-0.1, -0.05) is 43.6 Å². The number of benzene rings is 1. The molecule has 3 heteroatoms. The molecule has 0 fully saturated rings. The topological polar surface area (TPSA) is 20.3 Å². The minimum atomic E-state index is 0.142. The zero-order chi connectivity index (χ0) is 12.8. The minimum Gasteiger partial charge on any atom is -0.298 e. The van der Waals surface area contributed by atoms with Crippen LogP contribution in [0.3, 0.4) is 0 Å². The van der Waals surface area contributed by atoms with Crippen molar-refractivity contribution in [2.45, 2.75) is 26.8 Å². The van der Waals surface area contributed by atoms with Crippen LogP contribution < -0.4 is 0 Å². The fraction of sp³-hybridized carbons (Fsp3) is 0.500. The number of likely N-dealkylation sites (N-methyl/N-ethyl adjacent to an activating group) is 1. The molecule has 1 aromatic carbocycles. The predicted molar refractivity (Wildman–Crippen MR) is 72.2 cm³/mol. The van der Waals surface area contributed by atoms with Gasteiger partial charge in [0.05, 0.1) is 6.54 Å². The predicted octanol–water partition coefficient (Wildman–Crippen LogP) is 3.39. The van der Waals surface area contributed by atoms with Crippen molar-refractivity contribution in [3.05, 3.63) is 34.9 Å². The first-order valence-corrected chi connectivity index (χ1v) is 6.37. The quantitative estimate of drug-likeness (QED) is 0.775. The van der Waals surface area contributed by atoms with Crippen molar-refractivity contribution in [2.24, 2.45) is 5.92 Å². The Hall–Kier alpha value is -0.860. The summed E-state index contributed by atoms with van der Waals surface area (Å²) < 4.78 is 0. The lowest BCUT2D eigenvalue weighted by molar-refractivity contribution is -0.123. The smallest absolute Gasteiger partial charge is 0.149 e. The van der Waals surface area contributed by atoms with Crippen LogP contribution in [0.15, 0.2) is 24.3 Å². The Kier molecular flexibility index (Phi) is 5.66. The Morgan fingerprint density at radius 1 is 1.41 bits per heavy atom. The van der Waals surface area contributed by atoms with Gasteiger partial charge in [0.1, 0.15) is 5.78 Å². The van der Waals surface area contributed by atoms with E-state index in [9.17, 15) is 4.79 Å². The number of carbonyl (C=O) groups is 1. The number of Topliss-reactive ketones (excluding diaryl/α,β-unsaturated/α-hetero) is 1. The molecule has 0 aliphatic carbocycles. The first kappa shape index (κ1) is 14.2. The second kappa shape index (κ2) is 6.77. The molecule has 94 valence electrons. The van der Waals surface area contributed by atoms with E-state index < -0.39 is 0 Å². The Morgan fingerprint density at radius 2 is 2.06 bits per heavy atom. The summed E-state index contributed by atoms with van der Waals surface area (Å²) in [5.41, 5.74) is 1.06. The highest BCUT2D eigenvalue weighted by Crippen LogP contribution is 2.16. The average Bonchev–Trinajstić information content (AvgIpc) is 2.31. The molecule has 0 spiro atoms. The van der Waals surface area contributed by atoms with Crippen molar-refractivity contribution in [1.82, 2.24) is 4.90 Å². The van der Waals surface area contributed by atoms with E-state index in [2.05, 4.69) is 0 Å². The van der Waals surface area contributed by atoms with E-state index in [0.29, 0.717) is 18.9 Å². The van der Waals surface area contributed by atoms with Crippen LogP contribution in [-0.2, 0) is 11.3 Å². The van der Waals surface area contributed by atoms with Crippen LogP contribution in [0.1, 0.15) is 25.8 Å². The lowest BCUT2D eigenvalue weighted by Gasteiger charge is -2.18. The van der Waals surface area contributed by atoms with Crippen molar-refractivity contribution in [3.8, 4) is 0 Å². The number of nitrogens with zero attached hydrogens (tertiary/aromatic N) is 1. The molecule has 0 saturated heterocycles. The summed E-state index contributed by atoms with van der Waals surface area (Å²) in [6.45, 7) is 5.21. The molecule has 0 heterocycles. The lowest BCUT2D eigenvalue weighted by atomic mass is 10.0. The Balaban J connectivity index is 2.53. The van der Waals surface area contributed by atoms with Crippen molar-refractivity contribution >= 4 is 17.4 Å². The summed E-state index contributed by atoms with van der Waals surface area (Å²) in [7, 11) is 1.95. The second-order valence-corrected chi connectivity index (χ2v) is 4.95. The number of carbonyl (C=O) groups excluding carboxylic acids is 1. The van der Waals surface area contributed by atoms with Crippen LogP contribution in [0.2, 0.25) is 5.02 Å². The summed E-state index contributed by atoms with van der Waals surface area (Å²) in [5, 5.41) is 0.760. The lowest BCUT2D eigenvalue weighted by Crippen LogP contribution is -2.29. The second-order valence-electron chi connectivity index (χ2n) is 4.54. The molecule has 17 heavy (non-hydrogen) atoms. The van der Waals surface area contributed by atoms with Gasteiger partial charge in [-0.25, -0.2) is 0 Å². The standard InChI is InChI=1S/C14H20ClNO/c1-4-11(2)14(17)10-16(3)9-12-7-5-6-8-13(12)15/h5-8,11H,4,9-10H2,1-3H3. The largest absolute Gasteiger partial charge is 0.298 e. The summed E-state index contributed by atoms with van der Waals surface area (Å²) in [5.74, 6) is 0.436. The normalized spacial score (nSPS) is 12.8. The Bertz CT molecular complexity index is 378. The van der Waals surface area contributed by atoms with Crippen LogP contribution in [0.4, 0.5) is 0 Å². The van der Waals surface area contributed by atoms with Gasteiger partial charge in [0.2, 0.25) is 0 Å². The first-order chi connectivity index (χ1) is 8.04. The average molecular weight is 254 g/mol. The fourth-order valence-electron chi connectivity index (χ4n) is 1.62. The first-order valence-electron chi connectivity index (χ1n) is 5.99. The number of hydrogen-bond donors (Lipinski definition) is 0. The van der Waals surface area contributed by atoms with Crippen LogP contribution in [0.25, 0.3) is 0 Å². The van der Waals surface area contributed by atoms with Gasteiger partial charge in [-0.2, -0.15) is 0 Å². The molecular formula is C14H20ClNO. The number of ketones is 1. The zero-order valence-corrected chi connectivity index (χ0v) is 11.5. The van der Waals surface area contributed by atoms with E-state index in [1.807, 2.05) is 50.1 Å². The van der Waals surface area contributed by atoms with Gasteiger partial charge >= 0.3 is 0 Å². The molecule has 0 amide bonds. The molecular weight excluding hydrogens is 234 g/mol. The molecule has 1 atom stereocenters. The van der Waals surface area contributed by atoms with Crippen molar-refractivity contribution in [1.29, 1.82) is 0 Å². The summed E-state index contributed by atoms with van der Waals surface area (Å²) in [6, 6.07) is 7.75. The van der Waals surface area contributed by atoms with E-state index in [1.54, 1.807) is 0 Å². The van der Waals surface area contributed by atoms with Gasteiger partial charge in [-0.15, -0.1) is 0 Å². The van der Waals surface area contributed by atoms with Crippen LogP contribution in [-0.4, -0.2) is 24.3 Å². The van der Waals surface area contributed by atoms with Crippen LogP contribution in [0, 0.1) is 5.92 Å². The fourth-order valence-corrected chi connectivity index (χ4v) is 1.82. The molecule has 0 aliphatic rings. The van der Waals surface area contributed by atoms with Crippen LogP contribution in [0.5, 0.6) is 0 Å². The molecule has 1 aromatic rings. The number of hydrogen-bond acceptors (Lipinski definition) is 2. The number of rotatable bonds is 6. The van der Waals surface area contributed by atoms with Gasteiger partial charge < -0.3 is 0 Å². The SMILES string of the molecule is CCC(C)C(=O)CN(C)Cc1ccccc1Cl. The van der Waals surface area contributed by atoms with Gasteiger partial charge in [0.15, 0.2) is 0 Å². The third-order valence-electron chi connectivity index (χ3n) is 2.99. The van der Waals surface area contributed by atoms with E-state index >= 15 is 0 Å². The van der Waals surface area contributed by atoms with E-state index in [1.165, 1.54) is 0 Å². The van der Waals surface area contributed by atoms with E-state index in [-0.39, 0.29) is 5.92 Å². The summed E-state index contributed by atoms with van der Waals surface area (Å²) >= 11 is 6.08. The molecule has 0 radical (unpaired) electrons. The van der Waals surface area contributed by atoms with Gasteiger partial charge in [-0.05, 0) is 25.1 Å². The molecule has 0 bridgehead atoms.